The van der Waals surface area contributed by atoms with Gasteiger partial charge in [0, 0.05) is 35.5 Å². The van der Waals surface area contributed by atoms with E-state index in [0.29, 0.717) is 6.54 Å². The average Bonchev–Trinajstić information content (AvgIpc) is 3.08. The van der Waals surface area contributed by atoms with E-state index in [1.54, 1.807) is 0 Å². The van der Waals surface area contributed by atoms with Crippen molar-refractivity contribution in [2.45, 2.75) is 18.1 Å². The van der Waals surface area contributed by atoms with Crippen LogP contribution in [0, 0.1) is 0 Å². The fraction of sp³-hybridized carbons (Fsp3) is 0.250. The number of aromatic nitrogens is 1. The fourth-order valence-corrected chi connectivity index (χ4v) is 4.40. The van der Waals surface area contributed by atoms with Gasteiger partial charge in [-0.3, -0.25) is 4.98 Å². The van der Waals surface area contributed by atoms with Crippen molar-refractivity contribution in [3.05, 3.63) is 71.4 Å². The molecular weight excluding hydrogens is 316 g/mol. The summed E-state index contributed by atoms with van der Waals surface area (Å²) in [6, 6.07) is 18.8. The van der Waals surface area contributed by atoms with Gasteiger partial charge in [0.2, 0.25) is 0 Å². The van der Waals surface area contributed by atoms with E-state index in [0.717, 1.165) is 23.6 Å². The SMILES string of the molecule is OCCN(Cc1ccccc1)c1c2c(nc3ccccc13)CSC2. The second-order valence-corrected chi connectivity index (χ2v) is 7.01. The van der Waals surface area contributed by atoms with Gasteiger partial charge in [-0.05, 0) is 11.6 Å². The van der Waals surface area contributed by atoms with Crippen molar-refractivity contribution in [2.75, 3.05) is 18.1 Å². The highest BCUT2D eigenvalue weighted by molar-refractivity contribution is 7.98. The summed E-state index contributed by atoms with van der Waals surface area (Å²) in [7, 11) is 0. The topological polar surface area (TPSA) is 36.4 Å². The van der Waals surface area contributed by atoms with Crippen LogP contribution in [-0.4, -0.2) is 23.2 Å². The number of hydrogen-bond acceptors (Lipinski definition) is 4. The molecule has 0 spiro atoms. The van der Waals surface area contributed by atoms with Crippen molar-refractivity contribution in [2.24, 2.45) is 0 Å². The molecule has 4 heteroatoms. The summed E-state index contributed by atoms with van der Waals surface area (Å²) in [5, 5.41) is 10.8. The third kappa shape index (κ3) is 2.87. The molecule has 1 N–H and O–H groups in total. The second-order valence-electron chi connectivity index (χ2n) is 6.03. The van der Waals surface area contributed by atoms with Gasteiger partial charge in [0.05, 0.1) is 23.5 Å². The van der Waals surface area contributed by atoms with E-state index in [1.807, 2.05) is 23.9 Å². The number of aliphatic hydroxyl groups excluding tert-OH is 1. The third-order valence-electron chi connectivity index (χ3n) is 4.44. The Labute approximate surface area is 146 Å². The zero-order chi connectivity index (χ0) is 16.4. The highest BCUT2D eigenvalue weighted by atomic mass is 32.2. The molecule has 0 amide bonds. The summed E-state index contributed by atoms with van der Waals surface area (Å²) in [4.78, 5) is 7.17. The minimum atomic E-state index is 0.144. The smallest absolute Gasteiger partial charge is 0.0726 e. The lowest BCUT2D eigenvalue weighted by Gasteiger charge is -2.28. The standard InChI is InChI=1S/C20H20N2OS/c23-11-10-22(12-15-6-2-1-3-7-15)20-16-8-4-5-9-18(16)21-19-14-24-13-17(19)20/h1-9,23H,10-14H2. The molecule has 0 aliphatic carbocycles. The van der Waals surface area contributed by atoms with Crippen LogP contribution in [0.1, 0.15) is 16.8 Å². The number of benzene rings is 2. The number of rotatable bonds is 5. The van der Waals surface area contributed by atoms with Crippen LogP contribution in [0.15, 0.2) is 54.6 Å². The highest BCUT2D eigenvalue weighted by Gasteiger charge is 2.23. The van der Waals surface area contributed by atoms with Gasteiger partial charge in [-0.15, -0.1) is 0 Å². The monoisotopic (exact) mass is 336 g/mol. The Morgan fingerprint density at radius 1 is 1.00 bits per heavy atom. The quantitative estimate of drug-likeness (QED) is 0.764. The Hall–Kier alpha value is -2.04. The molecule has 0 saturated heterocycles. The molecule has 2 aromatic carbocycles. The number of nitrogens with zero attached hydrogens (tertiary/aromatic N) is 2. The summed E-state index contributed by atoms with van der Waals surface area (Å²) < 4.78 is 0. The number of hydrogen-bond donors (Lipinski definition) is 1. The normalized spacial score (nSPS) is 13.2. The average molecular weight is 336 g/mol. The van der Waals surface area contributed by atoms with Crippen molar-refractivity contribution in [3.63, 3.8) is 0 Å². The largest absolute Gasteiger partial charge is 0.395 e. The molecule has 0 bridgehead atoms. The Morgan fingerprint density at radius 3 is 2.62 bits per heavy atom. The molecule has 24 heavy (non-hydrogen) atoms. The number of aliphatic hydroxyl groups is 1. The van der Waals surface area contributed by atoms with Crippen molar-refractivity contribution < 1.29 is 5.11 Å². The van der Waals surface area contributed by atoms with Crippen LogP contribution in [0.3, 0.4) is 0 Å². The Bertz CT molecular complexity index is 851. The lowest BCUT2D eigenvalue weighted by atomic mass is 10.0. The summed E-state index contributed by atoms with van der Waals surface area (Å²) in [5.41, 5.74) is 6.09. The van der Waals surface area contributed by atoms with Gasteiger partial charge in [-0.1, -0.05) is 48.5 Å². The molecule has 1 aromatic heterocycles. The molecule has 0 radical (unpaired) electrons. The molecule has 1 aliphatic rings. The molecule has 3 nitrogen and oxygen atoms in total. The van der Waals surface area contributed by atoms with Crippen molar-refractivity contribution in [1.82, 2.24) is 4.98 Å². The minimum absolute atomic E-state index is 0.144. The van der Waals surface area contributed by atoms with Gasteiger partial charge in [-0.25, -0.2) is 0 Å². The third-order valence-corrected chi connectivity index (χ3v) is 5.41. The number of anilines is 1. The van der Waals surface area contributed by atoms with Crippen molar-refractivity contribution in [1.29, 1.82) is 0 Å². The maximum Gasteiger partial charge on any atom is 0.0726 e. The van der Waals surface area contributed by atoms with E-state index in [1.165, 1.54) is 27.9 Å². The predicted molar refractivity (Wildman–Crippen MR) is 101 cm³/mol. The van der Waals surface area contributed by atoms with Crippen LogP contribution in [0.25, 0.3) is 10.9 Å². The summed E-state index contributed by atoms with van der Waals surface area (Å²) in [6.45, 7) is 1.57. The van der Waals surface area contributed by atoms with Crippen molar-refractivity contribution in [3.8, 4) is 0 Å². The second kappa shape index (κ2) is 6.83. The van der Waals surface area contributed by atoms with Crippen LogP contribution in [0.5, 0.6) is 0 Å². The van der Waals surface area contributed by atoms with Crippen LogP contribution in [-0.2, 0) is 18.1 Å². The van der Waals surface area contributed by atoms with Gasteiger partial charge < -0.3 is 10.0 Å². The molecule has 0 saturated carbocycles. The lowest BCUT2D eigenvalue weighted by molar-refractivity contribution is 0.301. The number of para-hydroxylation sites is 1. The van der Waals surface area contributed by atoms with Gasteiger partial charge in [0.15, 0.2) is 0 Å². The molecule has 3 aromatic rings. The van der Waals surface area contributed by atoms with E-state index in [2.05, 4.69) is 47.4 Å². The molecule has 0 atom stereocenters. The van der Waals surface area contributed by atoms with Crippen LogP contribution in [0.2, 0.25) is 0 Å². The Balaban J connectivity index is 1.85. The van der Waals surface area contributed by atoms with E-state index in [-0.39, 0.29) is 6.61 Å². The van der Waals surface area contributed by atoms with E-state index in [9.17, 15) is 5.11 Å². The maximum absolute atomic E-state index is 9.63. The van der Waals surface area contributed by atoms with Gasteiger partial charge in [0.1, 0.15) is 0 Å². The van der Waals surface area contributed by atoms with Crippen LogP contribution in [0.4, 0.5) is 5.69 Å². The van der Waals surface area contributed by atoms with E-state index < -0.39 is 0 Å². The minimum Gasteiger partial charge on any atom is -0.395 e. The van der Waals surface area contributed by atoms with E-state index in [4.69, 9.17) is 4.98 Å². The zero-order valence-corrected chi connectivity index (χ0v) is 14.3. The number of pyridine rings is 1. The van der Waals surface area contributed by atoms with Gasteiger partial charge >= 0.3 is 0 Å². The summed E-state index contributed by atoms with van der Waals surface area (Å²) in [5.74, 6) is 1.98. The first-order valence-corrected chi connectivity index (χ1v) is 9.40. The summed E-state index contributed by atoms with van der Waals surface area (Å²) >= 11 is 1.92. The summed E-state index contributed by atoms with van der Waals surface area (Å²) in [6.07, 6.45) is 0. The maximum atomic E-state index is 9.63. The van der Waals surface area contributed by atoms with Gasteiger partial charge in [0.25, 0.3) is 0 Å². The molecule has 0 unspecified atom stereocenters. The molecule has 4 rings (SSSR count). The molecule has 0 fully saturated rings. The Kier molecular flexibility index (Phi) is 4.41. The first-order chi connectivity index (χ1) is 11.9. The zero-order valence-electron chi connectivity index (χ0n) is 13.5. The number of fused-ring (bicyclic) bond motifs is 2. The molecule has 2 heterocycles. The lowest BCUT2D eigenvalue weighted by Crippen LogP contribution is -2.27. The molecular formula is C20H20N2OS. The van der Waals surface area contributed by atoms with Crippen LogP contribution >= 0.6 is 11.8 Å². The van der Waals surface area contributed by atoms with Gasteiger partial charge in [-0.2, -0.15) is 11.8 Å². The fourth-order valence-electron chi connectivity index (χ4n) is 3.36. The van der Waals surface area contributed by atoms with Crippen LogP contribution < -0.4 is 4.90 Å². The molecule has 122 valence electrons. The first-order valence-electron chi connectivity index (χ1n) is 8.25. The first kappa shape index (κ1) is 15.5. The highest BCUT2D eigenvalue weighted by Crippen LogP contribution is 2.40. The number of thioether (sulfide) groups is 1. The Morgan fingerprint density at radius 2 is 1.79 bits per heavy atom. The van der Waals surface area contributed by atoms with E-state index >= 15 is 0 Å². The predicted octanol–water partition coefficient (Wildman–Crippen LogP) is 3.98. The molecule has 1 aliphatic heterocycles. The van der Waals surface area contributed by atoms with Crippen molar-refractivity contribution >= 4 is 28.4 Å².